The van der Waals surface area contributed by atoms with Crippen molar-refractivity contribution < 1.29 is 5.11 Å². The van der Waals surface area contributed by atoms with E-state index in [0.29, 0.717) is 6.54 Å². The molecule has 3 rings (SSSR count). The molecule has 0 radical (unpaired) electrons. The minimum Gasteiger partial charge on any atom is -0.387 e. The number of anilines is 1. The second-order valence-electron chi connectivity index (χ2n) is 4.99. The van der Waals surface area contributed by atoms with E-state index in [2.05, 4.69) is 29.1 Å². The Hall–Kier alpha value is -1.98. The quantitative estimate of drug-likeness (QED) is 0.774. The summed E-state index contributed by atoms with van der Waals surface area (Å²) in [6.45, 7) is 4.59. The van der Waals surface area contributed by atoms with Gasteiger partial charge >= 0.3 is 0 Å². The van der Waals surface area contributed by atoms with Crippen LogP contribution in [0.3, 0.4) is 0 Å². The number of aliphatic hydroxyl groups excluding tert-OH is 1. The number of hydrogen-bond acceptors (Lipinski definition) is 5. The molecule has 2 aromatic heterocycles. The van der Waals surface area contributed by atoms with E-state index in [1.165, 1.54) is 10.4 Å². The van der Waals surface area contributed by atoms with Crippen LogP contribution in [0.4, 0.5) is 5.82 Å². The molecule has 2 heterocycles. The predicted octanol–water partition coefficient (Wildman–Crippen LogP) is 3.45. The molecule has 5 heteroatoms. The number of aromatic nitrogens is 2. The zero-order valence-corrected chi connectivity index (χ0v) is 12.8. The Kier molecular flexibility index (Phi) is 3.86. The van der Waals surface area contributed by atoms with Crippen LogP contribution in [-0.4, -0.2) is 21.6 Å². The van der Waals surface area contributed by atoms with Gasteiger partial charge in [-0.3, -0.25) is 0 Å². The molecule has 4 nitrogen and oxygen atoms in total. The first-order valence-corrected chi connectivity index (χ1v) is 7.66. The van der Waals surface area contributed by atoms with E-state index in [1.54, 1.807) is 17.7 Å². The van der Waals surface area contributed by atoms with Gasteiger partial charge in [-0.1, -0.05) is 30.3 Å². The Morgan fingerprint density at radius 3 is 2.71 bits per heavy atom. The minimum absolute atomic E-state index is 0.421. The summed E-state index contributed by atoms with van der Waals surface area (Å²) in [4.78, 5) is 10.9. The predicted molar refractivity (Wildman–Crippen MR) is 86.8 cm³/mol. The van der Waals surface area contributed by atoms with Gasteiger partial charge in [-0.05, 0) is 25.0 Å². The molecule has 0 saturated heterocycles. The van der Waals surface area contributed by atoms with Crippen LogP contribution in [0.2, 0.25) is 0 Å². The zero-order chi connectivity index (χ0) is 14.8. The number of aliphatic hydroxyl groups is 1. The van der Waals surface area contributed by atoms with Crippen LogP contribution < -0.4 is 5.32 Å². The molecule has 0 spiro atoms. The molecule has 108 valence electrons. The van der Waals surface area contributed by atoms with Gasteiger partial charge in [0.1, 0.15) is 17.0 Å². The van der Waals surface area contributed by atoms with Crippen LogP contribution in [0.15, 0.2) is 36.7 Å². The minimum atomic E-state index is -0.559. The highest BCUT2D eigenvalue weighted by atomic mass is 32.1. The van der Waals surface area contributed by atoms with Crippen molar-refractivity contribution in [2.75, 3.05) is 11.9 Å². The second kappa shape index (κ2) is 5.79. The molecule has 1 aromatic carbocycles. The monoisotopic (exact) mass is 299 g/mol. The van der Waals surface area contributed by atoms with Crippen molar-refractivity contribution in [3.63, 3.8) is 0 Å². The normalized spacial score (nSPS) is 12.5. The topological polar surface area (TPSA) is 58.0 Å². The summed E-state index contributed by atoms with van der Waals surface area (Å²) in [5, 5.41) is 14.5. The van der Waals surface area contributed by atoms with Crippen molar-refractivity contribution in [2.24, 2.45) is 0 Å². The Bertz CT molecular complexity index is 755. The third-order valence-electron chi connectivity index (χ3n) is 3.61. The summed E-state index contributed by atoms with van der Waals surface area (Å²) in [5.74, 6) is 0.789. The second-order valence-corrected chi connectivity index (χ2v) is 6.20. The van der Waals surface area contributed by atoms with Gasteiger partial charge in [-0.2, -0.15) is 0 Å². The van der Waals surface area contributed by atoms with Gasteiger partial charge < -0.3 is 10.4 Å². The highest BCUT2D eigenvalue weighted by Gasteiger charge is 2.13. The third kappa shape index (κ3) is 2.75. The lowest BCUT2D eigenvalue weighted by Gasteiger charge is -2.13. The van der Waals surface area contributed by atoms with E-state index in [-0.39, 0.29) is 0 Å². The summed E-state index contributed by atoms with van der Waals surface area (Å²) in [6.07, 6.45) is 1.01. The van der Waals surface area contributed by atoms with Gasteiger partial charge in [0.25, 0.3) is 0 Å². The molecular formula is C16H17N3OS. The van der Waals surface area contributed by atoms with E-state index in [1.807, 2.05) is 30.3 Å². The van der Waals surface area contributed by atoms with Crippen molar-refractivity contribution in [1.29, 1.82) is 0 Å². The van der Waals surface area contributed by atoms with E-state index in [4.69, 9.17) is 0 Å². The number of fused-ring (bicyclic) bond motifs is 1. The molecule has 0 aliphatic rings. The van der Waals surface area contributed by atoms with Crippen molar-refractivity contribution in [3.8, 4) is 0 Å². The third-order valence-corrected chi connectivity index (χ3v) is 4.73. The lowest BCUT2D eigenvalue weighted by Crippen LogP contribution is -2.13. The van der Waals surface area contributed by atoms with Crippen LogP contribution >= 0.6 is 11.3 Å². The van der Waals surface area contributed by atoms with Gasteiger partial charge in [-0.25, -0.2) is 9.97 Å². The molecule has 1 atom stereocenters. The average Bonchev–Trinajstić information content (AvgIpc) is 2.81. The van der Waals surface area contributed by atoms with Crippen molar-refractivity contribution in [2.45, 2.75) is 20.0 Å². The molecule has 0 fully saturated rings. The maximum Gasteiger partial charge on any atom is 0.138 e. The first-order chi connectivity index (χ1) is 10.2. The fraction of sp³-hybridized carbons (Fsp3) is 0.250. The number of aryl methyl sites for hydroxylation is 2. The zero-order valence-electron chi connectivity index (χ0n) is 12.0. The summed E-state index contributed by atoms with van der Waals surface area (Å²) < 4.78 is 0. The van der Waals surface area contributed by atoms with E-state index in [0.717, 1.165) is 21.6 Å². The number of benzene rings is 1. The van der Waals surface area contributed by atoms with Gasteiger partial charge in [0, 0.05) is 11.4 Å². The molecule has 21 heavy (non-hydrogen) atoms. The Labute approximate surface area is 127 Å². The Balaban J connectivity index is 1.83. The van der Waals surface area contributed by atoms with Crippen molar-refractivity contribution in [3.05, 3.63) is 52.7 Å². The van der Waals surface area contributed by atoms with Crippen molar-refractivity contribution >= 4 is 27.4 Å². The van der Waals surface area contributed by atoms with Crippen LogP contribution in [0.1, 0.15) is 22.1 Å². The molecule has 0 amide bonds. The van der Waals surface area contributed by atoms with Gasteiger partial charge in [0.15, 0.2) is 0 Å². The first-order valence-electron chi connectivity index (χ1n) is 6.84. The summed E-state index contributed by atoms with van der Waals surface area (Å²) >= 11 is 1.67. The Morgan fingerprint density at radius 2 is 1.95 bits per heavy atom. The fourth-order valence-electron chi connectivity index (χ4n) is 2.30. The maximum atomic E-state index is 10.2. The smallest absolute Gasteiger partial charge is 0.138 e. The summed E-state index contributed by atoms with van der Waals surface area (Å²) in [6, 6.07) is 9.63. The largest absolute Gasteiger partial charge is 0.387 e. The molecule has 0 bridgehead atoms. The molecule has 0 aliphatic carbocycles. The SMILES string of the molecule is Cc1sc2ncnc(NC[C@H](O)c3ccccc3)c2c1C. The van der Waals surface area contributed by atoms with Crippen LogP contribution in [0.5, 0.6) is 0 Å². The molecular weight excluding hydrogens is 282 g/mol. The van der Waals surface area contributed by atoms with E-state index in [9.17, 15) is 5.11 Å². The van der Waals surface area contributed by atoms with Gasteiger partial charge in [0.05, 0.1) is 11.5 Å². The number of hydrogen-bond donors (Lipinski definition) is 2. The van der Waals surface area contributed by atoms with E-state index < -0.39 is 6.10 Å². The number of rotatable bonds is 4. The molecule has 2 N–H and O–H groups in total. The number of nitrogens with zero attached hydrogens (tertiary/aromatic N) is 2. The lowest BCUT2D eigenvalue weighted by atomic mass is 10.1. The van der Waals surface area contributed by atoms with Crippen LogP contribution in [0, 0.1) is 13.8 Å². The average molecular weight is 299 g/mol. The van der Waals surface area contributed by atoms with Crippen LogP contribution in [0.25, 0.3) is 10.2 Å². The fourth-order valence-corrected chi connectivity index (χ4v) is 3.30. The van der Waals surface area contributed by atoms with Gasteiger partial charge in [-0.15, -0.1) is 11.3 Å². The number of thiophene rings is 1. The summed E-state index contributed by atoms with van der Waals surface area (Å²) in [7, 11) is 0. The highest BCUT2D eigenvalue weighted by Crippen LogP contribution is 2.32. The summed E-state index contributed by atoms with van der Waals surface area (Å²) in [5.41, 5.74) is 2.10. The highest BCUT2D eigenvalue weighted by molar-refractivity contribution is 7.18. The molecule has 0 aliphatic heterocycles. The molecule has 0 saturated carbocycles. The standard InChI is InChI=1S/C16H17N3OS/c1-10-11(2)21-16-14(10)15(18-9-19-16)17-8-13(20)12-6-4-3-5-7-12/h3-7,9,13,20H,8H2,1-2H3,(H,17,18,19)/t13-/m0/s1. The van der Waals surface area contributed by atoms with Gasteiger partial charge in [0.2, 0.25) is 0 Å². The van der Waals surface area contributed by atoms with Crippen molar-refractivity contribution in [1.82, 2.24) is 9.97 Å². The molecule has 3 aromatic rings. The van der Waals surface area contributed by atoms with E-state index >= 15 is 0 Å². The number of nitrogens with one attached hydrogen (secondary N) is 1. The Morgan fingerprint density at radius 1 is 1.19 bits per heavy atom. The first kappa shape index (κ1) is 14.0. The van der Waals surface area contributed by atoms with Crippen LogP contribution in [-0.2, 0) is 0 Å². The maximum absolute atomic E-state index is 10.2. The molecule has 0 unspecified atom stereocenters. The lowest BCUT2D eigenvalue weighted by molar-refractivity contribution is 0.191.